The zero-order chi connectivity index (χ0) is 20.5. The number of hydrogen-bond donors (Lipinski definition) is 2. The highest BCUT2D eigenvalue weighted by molar-refractivity contribution is 5.95. The molecule has 1 aliphatic heterocycles. The Kier molecular flexibility index (Phi) is 8.62. The molecule has 1 amide bonds. The van der Waals surface area contributed by atoms with E-state index in [1.807, 2.05) is 0 Å². The fraction of sp³-hybridized carbons (Fsp3) is 0.632. The van der Waals surface area contributed by atoms with E-state index in [9.17, 15) is 14.9 Å². The lowest BCUT2D eigenvalue weighted by Crippen LogP contribution is -2.46. The molecule has 1 aromatic carbocycles. The van der Waals surface area contributed by atoms with Crippen molar-refractivity contribution in [3.8, 4) is 0 Å². The van der Waals surface area contributed by atoms with E-state index >= 15 is 0 Å². The first kappa shape index (κ1) is 22.1. The molecule has 156 valence electrons. The van der Waals surface area contributed by atoms with Gasteiger partial charge in [0.25, 0.3) is 11.6 Å². The fourth-order valence-electron chi connectivity index (χ4n) is 3.33. The Morgan fingerprint density at radius 2 is 2.04 bits per heavy atom. The summed E-state index contributed by atoms with van der Waals surface area (Å²) in [4.78, 5) is 25.5. The molecule has 1 saturated heterocycles. The maximum atomic E-state index is 12.3. The molecule has 1 aliphatic rings. The van der Waals surface area contributed by atoms with Crippen LogP contribution in [0.4, 0.5) is 11.4 Å². The minimum Gasteiger partial charge on any atom is -0.383 e. The quantitative estimate of drug-likeness (QED) is 0.354. The Hall–Kier alpha value is -2.23. The van der Waals surface area contributed by atoms with E-state index < -0.39 is 4.92 Å². The first-order valence-corrected chi connectivity index (χ1v) is 9.58. The second-order valence-corrected chi connectivity index (χ2v) is 7.03. The van der Waals surface area contributed by atoms with E-state index in [0.717, 1.165) is 26.1 Å². The number of amides is 1. The first-order valence-electron chi connectivity index (χ1n) is 9.58. The van der Waals surface area contributed by atoms with E-state index in [4.69, 9.17) is 9.47 Å². The molecule has 1 heterocycles. The molecule has 2 N–H and O–H groups in total. The van der Waals surface area contributed by atoms with Gasteiger partial charge >= 0.3 is 0 Å². The molecule has 0 radical (unpaired) electrons. The summed E-state index contributed by atoms with van der Waals surface area (Å²) in [5.74, 6) is -0.310. The highest BCUT2D eigenvalue weighted by Gasteiger charge is 2.21. The molecule has 28 heavy (non-hydrogen) atoms. The lowest BCUT2D eigenvalue weighted by atomic mass is 10.1. The van der Waals surface area contributed by atoms with E-state index in [0.29, 0.717) is 25.4 Å². The summed E-state index contributed by atoms with van der Waals surface area (Å²) in [6.07, 6.45) is 1.24. The number of nitrogens with one attached hydrogen (secondary N) is 2. The highest BCUT2D eigenvalue weighted by Crippen LogP contribution is 2.25. The number of ether oxygens (including phenoxy) is 2. The normalized spacial score (nSPS) is 20.0. The van der Waals surface area contributed by atoms with Gasteiger partial charge in [0.05, 0.1) is 23.7 Å². The summed E-state index contributed by atoms with van der Waals surface area (Å²) in [6, 6.07) is 4.44. The van der Waals surface area contributed by atoms with Crippen LogP contribution in [0.2, 0.25) is 0 Å². The van der Waals surface area contributed by atoms with E-state index in [-0.39, 0.29) is 29.4 Å². The molecule has 1 fully saturated rings. The molecule has 2 rings (SSSR count). The minimum absolute atomic E-state index is 0.125. The number of anilines is 1. The van der Waals surface area contributed by atoms with Gasteiger partial charge < -0.3 is 20.1 Å². The van der Waals surface area contributed by atoms with Crippen LogP contribution in [0, 0.1) is 10.1 Å². The van der Waals surface area contributed by atoms with Gasteiger partial charge in [-0.1, -0.05) is 0 Å². The summed E-state index contributed by atoms with van der Waals surface area (Å²) < 4.78 is 10.6. The van der Waals surface area contributed by atoms with Crippen molar-refractivity contribution < 1.29 is 19.2 Å². The maximum absolute atomic E-state index is 12.3. The van der Waals surface area contributed by atoms with Gasteiger partial charge in [-0.3, -0.25) is 19.8 Å². The Morgan fingerprint density at radius 3 is 2.68 bits per heavy atom. The van der Waals surface area contributed by atoms with Crippen LogP contribution in [0.5, 0.6) is 0 Å². The van der Waals surface area contributed by atoms with Crippen LogP contribution in [0.15, 0.2) is 18.2 Å². The highest BCUT2D eigenvalue weighted by atomic mass is 16.6. The number of carbonyl (C=O) groups is 1. The Labute approximate surface area is 165 Å². The molecule has 0 unspecified atom stereocenters. The second-order valence-electron chi connectivity index (χ2n) is 7.03. The van der Waals surface area contributed by atoms with Crippen molar-refractivity contribution in [2.24, 2.45) is 0 Å². The summed E-state index contributed by atoms with van der Waals surface area (Å²) in [6.45, 7) is 8.17. The first-order chi connectivity index (χ1) is 13.4. The van der Waals surface area contributed by atoms with Crippen molar-refractivity contribution in [2.45, 2.75) is 32.5 Å². The number of morpholine rings is 1. The van der Waals surface area contributed by atoms with Crippen LogP contribution >= 0.6 is 0 Å². The number of rotatable bonds is 10. The van der Waals surface area contributed by atoms with Crippen molar-refractivity contribution in [2.75, 3.05) is 51.8 Å². The molecule has 0 saturated carbocycles. The van der Waals surface area contributed by atoms with Gasteiger partial charge in [-0.25, -0.2) is 0 Å². The third kappa shape index (κ3) is 6.74. The van der Waals surface area contributed by atoms with Crippen molar-refractivity contribution >= 4 is 17.3 Å². The van der Waals surface area contributed by atoms with Crippen LogP contribution < -0.4 is 10.6 Å². The zero-order valence-electron chi connectivity index (χ0n) is 16.8. The number of hydrogen-bond acceptors (Lipinski definition) is 7. The zero-order valence-corrected chi connectivity index (χ0v) is 16.8. The average Bonchev–Trinajstić information content (AvgIpc) is 2.64. The van der Waals surface area contributed by atoms with Crippen LogP contribution in [-0.2, 0) is 9.47 Å². The van der Waals surface area contributed by atoms with E-state index in [1.54, 1.807) is 19.2 Å². The smallest absolute Gasteiger partial charge is 0.293 e. The topological polar surface area (TPSA) is 106 Å². The molecule has 9 heteroatoms. The van der Waals surface area contributed by atoms with Crippen LogP contribution in [0.25, 0.3) is 0 Å². The van der Waals surface area contributed by atoms with Crippen molar-refractivity contribution in [3.63, 3.8) is 0 Å². The van der Waals surface area contributed by atoms with Crippen molar-refractivity contribution in [1.29, 1.82) is 0 Å². The molecule has 0 spiro atoms. The Balaban J connectivity index is 1.84. The number of nitrogens with zero attached hydrogens (tertiary/aromatic N) is 2. The average molecular weight is 394 g/mol. The molecule has 0 bridgehead atoms. The lowest BCUT2D eigenvalue weighted by molar-refractivity contribution is -0.384. The van der Waals surface area contributed by atoms with Gasteiger partial charge in [0.15, 0.2) is 0 Å². The minimum atomic E-state index is -0.493. The molecule has 0 aliphatic carbocycles. The van der Waals surface area contributed by atoms with Gasteiger partial charge in [0.2, 0.25) is 0 Å². The van der Waals surface area contributed by atoms with Crippen LogP contribution in [0.3, 0.4) is 0 Å². The van der Waals surface area contributed by atoms with Crippen molar-refractivity contribution in [1.82, 2.24) is 10.2 Å². The summed E-state index contributed by atoms with van der Waals surface area (Å²) in [5.41, 5.74) is 0.520. The Bertz CT molecular complexity index is 660. The summed E-state index contributed by atoms with van der Waals surface area (Å²) in [7, 11) is 1.56. The van der Waals surface area contributed by atoms with E-state index in [2.05, 4.69) is 29.4 Å². The van der Waals surface area contributed by atoms with Gasteiger partial charge in [0, 0.05) is 51.5 Å². The SMILES string of the molecule is COCCNc1ccc(C(=O)NCCCN2C[C@@H](C)O[C@@H](C)C2)cc1[N+](=O)[O-]. The number of benzene rings is 1. The Morgan fingerprint density at radius 1 is 1.32 bits per heavy atom. The molecule has 9 nitrogen and oxygen atoms in total. The van der Waals surface area contributed by atoms with E-state index in [1.165, 1.54) is 6.07 Å². The van der Waals surface area contributed by atoms with Gasteiger partial charge in [-0.15, -0.1) is 0 Å². The standard InChI is InChI=1S/C19H30N4O5/c1-14-12-22(13-15(2)28-14)9-4-7-21-19(24)16-5-6-17(20-8-10-27-3)18(11-16)23(25)26/h5-6,11,14-15,20H,4,7-10,12-13H2,1-3H3,(H,21,24)/t14-,15+. The third-order valence-corrected chi connectivity index (χ3v) is 4.51. The van der Waals surface area contributed by atoms with Crippen LogP contribution in [-0.4, -0.2) is 74.4 Å². The summed E-state index contributed by atoms with van der Waals surface area (Å²) in [5, 5.41) is 17.1. The molecular formula is C19H30N4O5. The monoisotopic (exact) mass is 394 g/mol. The molecule has 1 aromatic rings. The van der Waals surface area contributed by atoms with Crippen LogP contribution in [0.1, 0.15) is 30.6 Å². The second kappa shape index (κ2) is 10.9. The number of methoxy groups -OCH3 is 1. The molecule has 2 atom stereocenters. The van der Waals surface area contributed by atoms with Gasteiger partial charge in [-0.05, 0) is 32.4 Å². The number of nitro groups is 1. The number of nitro benzene ring substituents is 1. The predicted molar refractivity (Wildman–Crippen MR) is 107 cm³/mol. The number of carbonyl (C=O) groups excluding carboxylic acids is 1. The van der Waals surface area contributed by atoms with Gasteiger partial charge in [-0.2, -0.15) is 0 Å². The molecular weight excluding hydrogens is 364 g/mol. The lowest BCUT2D eigenvalue weighted by Gasteiger charge is -2.35. The predicted octanol–water partition coefficient (Wildman–Crippen LogP) is 1.88. The fourth-order valence-corrected chi connectivity index (χ4v) is 3.33. The third-order valence-electron chi connectivity index (χ3n) is 4.51. The van der Waals surface area contributed by atoms with Gasteiger partial charge in [0.1, 0.15) is 5.69 Å². The largest absolute Gasteiger partial charge is 0.383 e. The van der Waals surface area contributed by atoms with Crippen molar-refractivity contribution in [3.05, 3.63) is 33.9 Å². The summed E-state index contributed by atoms with van der Waals surface area (Å²) >= 11 is 0. The maximum Gasteiger partial charge on any atom is 0.293 e. The molecule has 0 aromatic heterocycles.